The molecule has 1 atom stereocenters. The fourth-order valence-corrected chi connectivity index (χ4v) is 0.911. The Morgan fingerprint density at radius 1 is 1.27 bits per heavy atom. The van der Waals surface area contributed by atoms with Gasteiger partial charge < -0.3 is 11.3 Å². The Bertz CT molecular complexity index is 186. The summed E-state index contributed by atoms with van der Waals surface area (Å²) in [4.78, 5) is 0. The predicted molar refractivity (Wildman–Crippen MR) is 46.7 cm³/mol. The van der Waals surface area contributed by atoms with Gasteiger partial charge in [0, 0.05) is 0 Å². The van der Waals surface area contributed by atoms with E-state index in [1.54, 1.807) is 0 Å². The van der Waals surface area contributed by atoms with E-state index in [1.165, 1.54) is 0 Å². The van der Waals surface area contributed by atoms with E-state index in [9.17, 15) is 5.11 Å². The van der Waals surface area contributed by atoms with Crippen molar-refractivity contribution >= 4 is 0 Å². The zero-order valence-corrected chi connectivity index (χ0v) is 6.83. The van der Waals surface area contributed by atoms with Crippen molar-refractivity contribution in [3.05, 3.63) is 35.9 Å². The second-order valence-corrected chi connectivity index (χ2v) is 2.33. The molecule has 1 rings (SSSR count). The van der Waals surface area contributed by atoms with Crippen LogP contribution in [0.2, 0.25) is 0 Å². The largest absolute Gasteiger partial charge is 0.388 e. The summed E-state index contributed by atoms with van der Waals surface area (Å²) < 4.78 is 0. The van der Waals surface area contributed by atoms with E-state index < -0.39 is 0 Å². The second-order valence-electron chi connectivity index (χ2n) is 2.33. The van der Waals surface area contributed by atoms with Crippen molar-refractivity contribution in [2.75, 3.05) is 0 Å². The van der Waals surface area contributed by atoms with Crippen LogP contribution in [-0.4, -0.2) is 5.11 Å². The van der Waals surface area contributed by atoms with Crippen LogP contribution in [0, 0.1) is 0 Å². The van der Waals surface area contributed by atoms with Gasteiger partial charge >= 0.3 is 0 Å². The molecule has 0 spiro atoms. The average molecular weight is 153 g/mol. The van der Waals surface area contributed by atoms with Crippen LogP contribution in [0.5, 0.6) is 0 Å². The summed E-state index contributed by atoms with van der Waals surface area (Å²) in [6, 6.07) is 9.70. The summed E-state index contributed by atoms with van der Waals surface area (Å²) in [6.07, 6.45) is 0.491. The first kappa shape index (κ1) is 10.1. The minimum absolute atomic E-state index is 0. The van der Waals surface area contributed by atoms with E-state index in [-0.39, 0.29) is 12.3 Å². The number of aliphatic hydroxyl groups excluding tert-OH is 1. The molecule has 0 radical (unpaired) electrons. The van der Waals surface area contributed by atoms with Gasteiger partial charge in [0.1, 0.15) is 0 Å². The Balaban J connectivity index is 0.000001000. The summed E-state index contributed by atoms with van der Waals surface area (Å²) in [7, 11) is 0. The highest BCUT2D eigenvalue weighted by Crippen LogP contribution is 2.14. The van der Waals surface area contributed by atoms with Crippen molar-refractivity contribution in [3.63, 3.8) is 0 Å². The van der Waals surface area contributed by atoms with Gasteiger partial charge in [-0.3, -0.25) is 0 Å². The number of aliphatic hydroxyl groups is 1. The van der Waals surface area contributed by atoms with Crippen molar-refractivity contribution in [2.45, 2.75) is 19.4 Å². The Morgan fingerprint density at radius 2 is 1.82 bits per heavy atom. The number of hydrogen-bond acceptors (Lipinski definition) is 2. The highest BCUT2D eigenvalue weighted by molar-refractivity contribution is 5.16. The fourth-order valence-electron chi connectivity index (χ4n) is 0.911. The van der Waals surface area contributed by atoms with E-state index in [2.05, 4.69) is 0 Å². The Kier molecular flexibility index (Phi) is 4.50. The quantitative estimate of drug-likeness (QED) is 0.684. The van der Waals surface area contributed by atoms with Crippen LogP contribution in [0.25, 0.3) is 0 Å². The first-order valence-electron chi connectivity index (χ1n) is 3.57. The van der Waals surface area contributed by atoms with Crippen molar-refractivity contribution in [1.29, 1.82) is 0 Å². The van der Waals surface area contributed by atoms with Crippen molar-refractivity contribution in [3.8, 4) is 0 Å². The van der Waals surface area contributed by atoms with Gasteiger partial charge in [0.05, 0.1) is 6.10 Å². The zero-order chi connectivity index (χ0) is 7.40. The van der Waals surface area contributed by atoms with Gasteiger partial charge in [0.15, 0.2) is 0 Å². The Hall–Kier alpha value is -0.860. The first-order valence-corrected chi connectivity index (χ1v) is 3.57. The molecule has 0 bridgehead atoms. The van der Waals surface area contributed by atoms with Gasteiger partial charge in [-0.05, 0) is 12.0 Å². The van der Waals surface area contributed by atoms with Gasteiger partial charge in [-0.15, -0.1) is 0 Å². The number of benzene rings is 1. The van der Waals surface area contributed by atoms with Crippen LogP contribution in [0.4, 0.5) is 0 Å². The van der Waals surface area contributed by atoms with Gasteiger partial charge in [-0.2, -0.15) is 0 Å². The van der Waals surface area contributed by atoms with E-state index in [1.807, 2.05) is 37.3 Å². The monoisotopic (exact) mass is 153 g/mol. The summed E-state index contributed by atoms with van der Waals surface area (Å²) in [5.41, 5.74) is 1.00. The molecule has 0 aliphatic rings. The lowest BCUT2D eigenvalue weighted by atomic mass is 10.1. The molecule has 0 amide bonds. The number of hydrogen-bond donors (Lipinski definition) is 2. The van der Waals surface area contributed by atoms with Crippen LogP contribution >= 0.6 is 0 Å². The maximum Gasteiger partial charge on any atom is 0.0787 e. The zero-order valence-electron chi connectivity index (χ0n) is 6.83. The molecule has 62 valence electrons. The van der Waals surface area contributed by atoms with E-state index in [4.69, 9.17) is 0 Å². The standard InChI is InChI=1S/C9H12O.H3N/c1-2-9(10)8-6-4-3-5-7-8;/h3-7,9-10H,2H2,1H3;1H3. The van der Waals surface area contributed by atoms with Crippen LogP contribution in [0.3, 0.4) is 0 Å². The number of rotatable bonds is 2. The van der Waals surface area contributed by atoms with Crippen LogP contribution in [-0.2, 0) is 0 Å². The van der Waals surface area contributed by atoms with E-state index in [0.29, 0.717) is 0 Å². The summed E-state index contributed by atoms with van der Waals surface area (Å²) in [5, 5.41) is 9.33. The lowest BCUT2D eigenvalue weighted by Gasteiger charge is -2.05. The van der Waals surface area contributed by atoms with Crippen LogP contribution < -0.4 is 6.15 Å². The molecule has 2 heteroatoms. The summed E-state index contributed by atoms with van der Waals surface area (Å²) in [5.74, 6) is 0. The van der Waals surface area contributed by atoms with Crippen molar-refractivity contribution < 1.29 is 5.11 Å². The molecule has 0 saturated carbocycles. The van der Waals surface area contributed by atoms with Crippen molar-refractivity contribution in [2.24, 2.45) is 0 Å². The molecular formula is C9H15NO. The molecule has 0 fully saturated rings. The van der Waals surface area contributed by atoms with Gasteiger partial charge in [0.25, 0.3) is 0 Å². The lowest BCUT2D eigenvalue weighted by Crippen LogP contribution is -1.93. The molecule has 1 aromatic rings. The smallest absolute Gasteiger partial charge is 0.0787 e. The molecule has 2 nitrogen and oxygen atoms in total. The molecule has 4 N–H and O–H groups in total. The summed E-state index contributed by atoms with van der Waals surface area (Å²) in [6.45, 7) is 1.97. The molecule has 0 aromatic heterocycles. The average Bonchev–Trinajstić information content (AvgIpc) is 2.05. The third-order valence-electron chi connectivity index (χ3n) is 1.57. The van der Waals surface area contributed by atoms with Gasteiger partial charge in [-0.25, -0.2) is 0 Å². The van der Waals surface area contributed by atoms with E-state index in [0.717, 1.165) is 12.0 Å². The SMILES string of the molecule is CCC(O)c1ccccc1.N. The minimum atomic E-state index is -0.291. The molecule has 0 heterocycles. The van der Waals surface area contributed by atoms with Crippen LogP contribution in [0.15, 0.2) is 30.3 Å². The maximum atomic E-state index is 9.33. The molecule has 0 saturated heterocycles. The molecule has 0 aliphatic carbocycles. The molecular weight excluding hydrogens is 138 g/mol. The Morgan fingerprint density at radius 3 is 2.27 bits per heavy atom. The first-order chi connectivity index (χ1) is 4.84. The minimum Gasteiger partial charge on any atom is -0.388 e. The fraction of sp³-hybridized carbons (Fsp3) is 0.333. The van der Waals surface area contributed by atoms with Crippen molar-refractivity contribution in [1.82, 2.24) is 6.15 Å². The highest BCUT2D eigenvalue weighted by Gasteiger charge is 2.00. The topological polar surface area (TPSA) is 55.2 Å². The molecule has 1 unspecified atom stereocenters. The Labute approximate surface area is 67.5 Å². The van der Waals surface area contributed by atoms with E-state index >= 15 is 0 Å². The normalized spacial score (nSPS) is 11.8. The predicted octanol–water partition coefficient (Wildman–Crippen LogP) is 2.29. The van der Waals surface area contributed by atoms with Crippen LogP contribution in [0.1, 0.15) is 25.0 Å². The highest BCUT2D eigenvalue weighted by atomic mass is 16.3. The molecule has 11 heavy (non-hydrogen) atoms. The third kappa shape index (κ3) is 2.70. The molecule has 1 aromatic carbocycles. The second kappa shape index (κ2) is 4.88. The maximum absolute atomic E-state index is 9.33. The molecule has 0 aliphatic heterocycles. The summed E-state index contributed by atoms with van der Waals surface area (Å²) >= 11 is 0. The van der Waals surface area contributed by atoms with Gasteiger partial charge in [0.2, 0.25) is 0 Å². The lowest BCUT2D eigenvalue weighted by molar-refractivity contribution is 0.173. The van der Waals surface area contributed by atoms with Gasteiger partial charge in [-0.1, -0.05) is 37.3 Å². The third-order valence-corrected chi connectivity index (χ3v) is 1.57.